The molecule has 1 aliphatic heterocycles. The van der Waals surface area contributed by atoms with Crippen LogP contribution in [0.5, 0.6) is 0 Å². The highest BCUT2D eigenvalue weighted by Gasteiger charge is 2.27. The summed E-state index contributed by atoms with van der Waals surface area (Å²) in [6.45, 7) is 4.78. The van der Waals surface area contributed by atoms with Crippen LogP contribution in [0.4, 0.5) is 5.69 Å². The van der Waals surface area contributed by atoms with Gasteiger partial charge in [0.05, 0.1) is 12.6 Å². The fourth-order valence-electron chi connectivity index (χ4n) is 2.09. The number of anilines is 1. The first-order chi connectivity index (χ1) is 8.61. The largest absolute Gasteiger partial charge is 0.396 e. The van der Waals surface area contributed by atoms with Gasteiger partial charge in [-0.1, -0.05) is 6.07 Å². The third kappa shape index (κ3) is 2.71. The Morgan fingerprint density at radius 2 is 2.17 bits per heavy atom. The van der Waals surface area contributed by atoms with Crippen LogP contribution in [0.25, 0.3) is 0 Å². The number of hydrogen-bond acceptors (Lipinski definition) is 3. The molecule has 2 rings (SSSR count). The lowest BCUT2D eigenvalue weighted by Crippen LogP contribution is -2.47. The molecule has 1 saturated heterocycles. The van der Waals surface area contributed by atoms with Crippen LogP contribution in [0.2, 0.25) is 0 Å². The van der Waals surface area contributed by atoms with Gasteiger partial charge in [-0.25, -0.2) is 0 Å². The van der Waals surface area contributed by atoms with Gasteiger partial charge in [0.2, 0.25) is 0 Å². The van der Waals surface area contributed by atoms with E-state index in [1.54, 1.807) is 4.90 Å². The minimum Gasteiger partial charge on any atom is -0.396 e. The number of aryl methyl sites for hydroxylation is 2. The Labute approximate surface area is 107 Å². The molecule has 0 bridgehead atoms. The number of aliphatic hydroxyl groups is 1. The van der Waals surface area contributed by atoms with E-state index >= 15 is 0 Å². The number of aliphatic hydroxyl groups excluding tert-OH is 1. The number of rotatable bonds is 3. The van der Waals surface area contributed by atoms with Gasteiger partial charge < -0.3 is 14.7 Å². The Hall–Kier alpha value is -1.39. The van der Waals surface area contributed by atoms with Gasteiger partial charge in [0.25, 0.3) is 5.91 Å². The average Bonchev–Trinajstić information content (AvgIpc) is 2.35. The summed E-state index contributed by atoms with van der Waals surface area (Å²) in [6, 6.07) is 6.00. The highest BCUT2D eigenvalue weighted by Crippen LogP contribution is 2.22. The summed E-state index contributed by atoms with van der Waals surface area (Å²) in [5.74, 6) is -0.0209. The molecule has 1 N–H and O–H groups in total. The number of nitrogens with zero attached hydrogens (tertiary/aromatic N) is 1. The van der Waals surface area contributed by atoms with E-state index in [0.29, 0.717) is 13.0 Å². The molecule has 1 atom stereocenters. The molecule has 0 saturated carbocycles. The summed E-state index contributed by atoms with van der Waals surface area (Å²) >= 11 is 0. The Morgan fingerprint density at radius 1 is 1.39 bits per heavy atom. The summed E-state index contributed by atoms with van der Waals surface area (Å²) in [5, 5.41) is 8.94. The van der Waals surface area contributed by atoms with Crippen molar-refractivity contribution >= 4 is 11.6 Å². The lowest BCUT2D eigenvalue weighted by molar-refractivity contribution is -0.129. The second kappa shape index (κ2) is 5.50. The van der Waals surface area contributed by atoms with Crippen LogP contribution in [0.3, 0.4) is 0 Å². The zero-order valence-electron chi connectivity index (χ0n) is 10.8. The second-order valence-corrected chi connectivity index (χ2v) is 4.72. The van der Waals surface area contributed by atoms with Gasteiger partial charge in [0.15, 0.2) is 0 Å². The lowest BCUT2D eigenvalue weighted by Gasteiger charge is -2.32. The molecule has 1 aromatic rings. The van der Waals surface area contributed by atoms with Crippen molar-refractivity contribution in [2.75, 3.05) is 24.7 Å². The molecule has 98 valence electrons. The van der Waals surface area contributed by atoms with Gasteiger partial charge in [-0.15, -0.1) is 0 Å². The summed E-state index contributed by atoms with van der Waals surface area (Å²) in [5.41, 5.74) is 3.30. The van der Waals surface area contributed by atoms with Crippen molar-refractivity contribution in [2.24, 2.45) is 0 Å². The fourth-order valence-corrected chi connectivity index (χ4v) is 2.09. The van der Waals surface area contributed by atoms with E-state index in [0.717, 1.165) is 5.69 Å². The molecule has 1 aromatic carbocycles. The molecule has 4 heteroatoms. The van der Waals surface area contributed by atoms with E-state index in [1.165, 1.54) is 11.1 Å². The van der Waals surface area contributed by atoms with Crippen molar-refractivity contribution in [3.8, 4) is 0 Å². The van der Waals surface area contributed by atoms with Crippen LogP contribution in [-0.2, 0) is 9.53 Å². The molecule has 1 heterocycles. The molecule has 1 aliphatic rings. The van der Waals surface area contributed by atoms with Gasteiger partial charge >= 0.3 is 0 Å². The van der Waals surface area contributed by atoms with E-state index in [4.69, 9.17) is 9.84 Å². The molecule has 0 spiro atoms. The normalized spacial score (nSPS) is 20.3. The Morgan fingerprint density at radius 3 is 2.83 bits per heavy atom. The van der Waals surface area contributed by atoms with E-state index in [2.05, 4.69) is 6.92 Å². The van der Waals surface area contributed by atoms with Gasteiger partial charge in [0.1, 0.15) is 6.61 Å². The maximum atomic E-state index is 11.9. The molecule has 1 amide bonds. The van der Waals surface area contributed by atoms with Crippen LogP contribution in [0.1, 0.15) is 17.5 Å². The first-order valence-electron chi connectivity index (χ1n) is 6.22. The van der Waals surface area contributed by atoms with Crippen LogP contribution in [0.15, 0.2) is 18.2 Å². The van der Waals surface area contributed by atoms with E-state index in [1.807, 2.05) is 25.1 Å². The average molecular weight is 249 g/mol. The standard InChI is InChI=1S/C14H19NO3/c1-10-3-4-12(7-11(10)2)15-8-13(5-6-16)18-9-14(15)17/h3-4,7,13,16H,5-6,8-9H2,1-2H3. The zero-order chi connectivity index (χ0) is 13.1. The highest BCUT2D eigenvalue weighted by atomic mass is 16.5. The molecule has 1 fully saturated rings. The van der Waals surface area contributed by atoms with E-state index in [-0.39, 0.29) is 25.2 Å². The maximum Gasteiger partial charge on any atom is 0.253 e. The van der Waals surface area contributed by atoms with Crippen molar-refractivity contribution in [2.45, 2.75) is 26.4 Å². The molecule has 4 nitrogen and oxygen atoms in total. The molecule has 0 aromatic heterocycles. The van der Waals surface area contributed by atoms with Gasteiger partial charge in [0, 0.05) is 12.3 Å². The molecule has 0 aliphatic carbocycles. The first-order valence-corrected chi connectivity index (χ1v) is 6.22. The Kier molecular flexibility index (Phi) is 3.99. The Balaban J connectivity index is 2.18. The predicted molar refractivity (Wildman–Crippen MR) is 69.7 cm³/mol. The van der Waals surface area contributed by atoms with Gasteiger partial charge in [-0.2, -0.15) is 0 Å². The number of carbonyl (C=O) groups excluding carboxylic acids is 1. The van der Waals surface area contributed by atoms with Crippen molar-refractivity contribution in [3.05, 3.63) is 29.3 Å². The quantitative estimate of drug-likeness (QED) is 0.881. The molecule has 18 heavy (non-hydrogen) atoms. The van der Waals surface area contributed by atoms with E-state index < -0.39 is 0 Å². The summed E-state index contributed by atoms with van der Waals surface area (Å²) in [7, 11) is 0. The minimum absolute atomic E-state index is 0.0209. The SMILES string of the molecule is Cc1ccc(N2CC(CCO)OCC2=O)cc1C. The van der Waals surface area contributed by atoms with Crippen LogP contribution < -0.4 is 4.90 Å². The molecule has 1 unspecified atom stereocenters. The van der Waals surface area contributed by atoms with Crippen molar-refractivity contribution in [1.29, 1.82) is 0 Å². The number of carbonyl (C=O) groups is 1. The molecular formula is C14H19NO3. The highest BCUT2D eigenvalue weighted by molar-refractivity contribution is 5.95. The molecule has 0 radical (unpaired) electrons. The van der Waals surface area contributed by atoms with Gasteiger partial charge in [-0.3, -0.25) is 4.79 Å². The number of benzene rings is 1. The third-order valence-corrected chi connectivity index (χ3v) is 3.38. The zero-order valence-corrected chi connectivity index (χ0v) is 10.8. The minimum atomic E-state index is -0.0747. The number of amides is 1. The van der Waals surface area contributed by atoms with Crippen molar-refractivity contribution in [3.63, 3.8) is 0 Å². The van der Waals surface area contributed by atoms with E-state index in [9.17, 15) is 4.79 Å². The fraction of sp³-hybridized carbons (Fsp3) is 0.500. The summed E-state index contributed by atoms with van der Waals surface area (Å²) in [6.07, 6.45) is 0.489. The lowest BCUT2D eigenvalue weighted by atomic mass is 10.1. The second-order valence-electron chi connectivity index (χ2n) is 4.72. The summed E-state index contributed by atoms with van der Waals surface area (Å²) < 4.78 is 5.39. The Bertz CT molecular complexity index is 445. The smallest absolute Gasteiger partial charge is 0.253 e. The number of ether oxygens (including phenoxy) is 1. The number of hydrogen-bond donors (Lipinski definition) is 1. The molecular weight excluding hydrogens is 230 g/mol. The van der Waals surface area contributed by atoms with Crippen molar-refractivity contribution in [1.82, 2.24) is 0 Å². The van der Waals surface area contributed by atoms with Crippen LogP contribution in [-0.4, -0.2) is 36.9 Å². The monoisotopic (exact) mass is 249 g/mol. The topological polar surface area (TPSA) is 49.8 Å². The summed E-state index contributed by atoms with van der Waals surface area (Å²) in [4.78, 5) is 13.6. The number of morpholine rings is 1. The maximum absolute atomic E-state index is 11.9. The van der Waals surface area contributed by atoms with Crippen molar-refractivity contribution < 1.29 is 14.6 Å². The first kappa shape index (κ1) is 13.1. The third-order valence-electron chi connectivity index (χ3n) is 3.38. The predicted octanol–water partition coefficient (Wildman–Crippen LogP) is 1.42. The van der Waals surface area contributed by atoms with Crippen LogP contribution in [0, 0.1) is 13.8 Å². The van der Waals surface area contributed by atoms with Gasteiger partial charge in [-0.05, 0) is 43.5 Å². The van der Waals surface area contributed by atoms with Crippen LogP contribution >= 0.6 is 0 Å².